The van der Waals surface area contributed by atoms with Crippen molar-refractivity contribution in [2.45, 2.75) is 27.2 Å². The molecule has 2 nitrogen and oxygen atoms in total. The highest BCUT2D eigenvalue weighted by Crippen LogP contribution is 2.33. The van der Waals surface area contributed by atoms with Crippen molar-refractivity contribution >= 4 is 0 Å². The Hall–Kier alpha value is -1.44. The van der Waals surface area contributed by atoms with Gasteiger partial charge >= 0.3 is 0 Å². The van der Waals surface area contributed by atoms with E-state index >= 15 is 0 Å². The van der Waals surface area contributed by atoms with Gasteiger partial charge in [0, 0.05) is 11.5 Å². The number of fused-ring (bicyclic) bond motifs is 1. The normalized spacial score (nSPS) is 23.9. The third-order valence-corrected chi connectivity index (χ3v) is 2.73. The van der Waals surface area contributed by atoms with E-state index in [2.05, 4.69) is 39.0 Å². The van der Waals surface area contributed by atoms with Gasteiger partial charge in [-0.05, 0) is 11.8 Å². The second kappa shape index (κ2) is 3.85. The molecule has 2 aliphatic rings. The van der Waals surface area contributed by atoms with Gasteiger partial charge in [0.1, 0.15) is 6.26 Å². The maximum Gasteiger partial charge on any atom is 0.110 e. The van der Waals surface area contributed by atoms with Gasteiger partial charge in [-0.2, -0.15) is 0 Å². The molecule has 1 unspecified atom stereocenters. The van der Waals surface area contributed by atoms with Gasteiger partial charge in [-0.3, -0.25) is 0 Å². The smallest absolute Gasteiger partial charge is 0.110 e. The molecule has 1 heterocycles. The van der Waals surface area contributed by atoms with E-state index in [-0.39, 0.29) is 5.92 Å². The van der Waals surface area contributed by atoms with Crippen LogP contribution in [0, 0.1) is 11.3 Å². The number of rotatable bonds is 1. The first-order chi connectivity index (χ1) is 7.46. The number of ether oxygens (including phenoxy) is 1. The summed E-state index contributed by atoms with van der Waals surface area (Å²) in [4.78, 5) is 0. The largest absolute Gasteiger partial charge is 0.470 e. The summed E-state index contributed by atoms with van der Waals surface area (Å²) < 4.78 is 5.16. The maximum absolute atomic E-state index is 5.93. The van der Waals surface area contributed by atoms with Crippen LogP contribution < -0.4 is 5.73 Å². The van der Waals surface area contributed by atoms with Gasteiger partial charge in [-0.15, -0.1) is 0 Å². The fraction of sp³-hybridized carbons (Fsp3) is 0.429. The van der Waals surface area contributed by atoms with Crippen LogP contribution in [0.5, 0.6) is 0 Å². The Balaban J connectivity index is 2.20. The van der Waals surface area contributed by atoms with Crippen LogP contribution >= 0.6 is 0 Å². The summed E-state index contributed by atoms with van der Waals surface area (Å²) in [5, 5.41) is 0. The number of allylic oxidation sites excluding steroid dienone is 4. The Bertz CT molecular complexity index is 405. The van der Waals surface area contributed by atoms with E-state index in [0.717, 1.165) is 17.7 Å². The van der Waals surface area contributed by atoms with Crippen molar-refractivity contribution in [3.8, 4) is 0 Å². The molecular formula is C14H19NO. The van der Waals surface area contributed by atoms with Crippen LogP contribution in [0.4, 0.5) is 0 Å². The van der Waals surface area contributed by atoms with Gasteiger partial charge in [0.15, 0.2) is 0 Å². The SMILES string of the molecule is CC(C)(C)CC1=CC2C(N)=COC=C2C=C1. The Kier molecular flexibility index (Phi) is 2.66. The minimum atomic E-state index is 0.205. The number of nitrogens with two attached hydrogens (primary N) is 1. The fourth-order valence-electron chi connectivity index (χ4n) is 2.07. The quantitative estimate of drug-likeness (QED) is 0.731. The van der Waals surface area contributed by atoms with Gasteiger partial charge in [0.05, 0.1) is 12.0 Å². The summed E-state index contributed by atoms with van der Waals surface area (Å²) in [6, 6.07) is 0. The lowest BCUT2D eigenvalue weighted by atomic mass is 9.82. The lowest BCUT2D eigenvalue weighted by Crippen LogP contribution is -2.18. The summed E-state index contributed by atoms with van der Waals surface area (Å²) in [6.45, 7) is 6.74. The average Bonchev–Trinajstić information content (AvgIpc) is 2.17. The summed E-state index contributed by atoms with van der Waals surface area (Å²) in [7, 11) is 0. The summed E-state index contributed by atoms with van der Waals surface area (Å²) in [6.07, 6.45) is 11.0. The average molecular weight is 217 g/mol. The van der Waals surface area contributed by atoms with Crippen LogP contribution in [0.1, 0.15) is 27.2 Å². The summed E-state index contributed by atoms with van der Waals surface area (Å²) in [5.41, 5.74) is 9.52. The van der Waals surface area contributed by atoms with Crippen LogP contribution in [-0.4, -0.2) is 0 Å². The first-order valence-corrected chi connectivity index (χ1v) is 5.65. The fourth-order valence-corrected chi connectivity index (χ4v) is 2.07. The van der Waals surface area contributed by atoms with E-state index in [4.69, 9.17) is 10.5 Å². The maximum atomic E-state index is 5.93. The highest BCUT2D eigenvalue weighted by molar-refractivity contribution is 5.43. The van der Waals surface area contributed by atoms with E-state index in [1.807, 2.05) is 0 Å². The van der Waals surface area contributed by atoms with Crippen molar-refractivity contribution in [2.24, 2.45) is 17.1 Å². The van der Waals surface area contributed by atoms with Crippen LogP contribution in [0.3, 0.4) is 0 Å². The lowest BCUT2D eigenvalue weighted by molar-refractivity contribution is 0.373. The summed E-state index contributed by atoms with van der Waals surface area (Å²) in [5.74, 6) is 0.205. The van der Waals surface area contributed by atoms with Gasteiger partial charge in [-0.1, -0.05) is 44.6 Å². The topological polar surface area (TPSA) is 35.2 Å². The first kappa shape index (κ1) is 11.1. The Morgan fingerprint density at radius 3 is 2.69 bits per heavy atom. The molecule has 0 aromatic heterocycles. The number of hydrogen-bond acceptors (Lipinski definition) is 2. The van der Waals surface area contributed by atoms with Gasteiger partial charge in [0.2, 0.25) is 0 Å². The molecule has 2 N–H and O–H groups in total. The first-order valence-electron chi connectivity index (χ1n) is 5.65. The zero-order valence-electron chi connectivity index (χ0n) is 10.2. The van der Waals surface area contributed by atoms with Crippen molar-refractivity contribution in [1.82, 2.24) is 0 Å². The van der Waals surface area contributed by atoms with Crippen LogP contribution in [-0.2, 0) is 4.74 Å². The van der Waals surface area contributed by atoms with Crippen LogP contribution in [0.2, 0.25) is 0 Å². The van der Waals surface area contributed by atoms with Crippen molar-refractivity contribution < 1.29 is 4.74 Å². The third kappa shape index (κ3) is 2.38. The van der Waals surface area contributed by atoms with Gasteiger partial charge in [0.25, 0.3) is 0 Å². The molecule has 0 spiro atoms. The predicted molar refractivity (Wildman–Crippen MR) is 66.2 cm³/mol. The molecule has 1 aliphatic carbocycles. The van der Waals surface area contributed by atoms with Crippen molar-refractivity contribution in [3.63, 3.8) is 0 Å². The molecule has 1 atom stereocenters. The van der Waals surface area contributed by atoms with Crippen molar-refractivity contribution in [1.29, 1.82) is 0 Å². The zero-order valence-corrected chi connectivity index (χ0v) is 10.2. The minimum Gasteiger partial charge on any atom is -0.470 e. The van der Waals surface area contributed by atoms with Crippen molar-refractivity contribution in [2.75, 3.05) is 0 Å². The number of hydrogen-bond donors (Lipinski definition) is 1. The molecule has 0 radical (unpaired) electrons. The minimum absolute atomic E-state index is 0.205. The molecule has 16 heavy (non-hydrogen) atoms. The Morgan fingerprint density at radius 2 is 2.00 bits per heavy atom. The molecule has 2 rings (SSSR count). The Labute approximate surface area is 97.2 Å². The van der Waals surface area contributed by atoms with Crippen LogP contribution in [0.15, 0.2) is 47.6 Å². The second-order valence-corrected chi connectivity index (χ2v) is 5.66. The van der Waals surface area contributed by atoms with Crippen LogP contribution in [0.25, 0.3) is 0 Å². The Morgan fingerprint density at radius 1 is 1.25 bits per heavy atom. The standard InChI is InChI=1S/C14H19NO/c1-14(2,3)7-10-4-5-11-8-16-9-13(15)12(11)6-10/h4-6,8-9,12H,7,15H2,1-3H3. The van der Waals surface area contributed by atoms with E-state index in [9.17, 15) is 0 Å². The van der Waals surface area contributed by atoms with Gasteiger partial charge in [-0.25, -0.2) is 0 Å². The molecule has 0 saturated carbocycles. The second-order valence-electron chi connectivity index (χ2n) is 5.66. The summed E-state index contributed by atoms with van der Waals surface area (Å²) >= 11 is 0. The lowest BCUT2D eigenvalue weighted by Gasteiger charge is -2.26. The molecule has 0 aromatic rings. The third-order valence-electron chi connectivity index (χ3n) is 2.73. The van der Waals surface area contributed by atoms with E-state index in [0.29, 0.717) is 5.41 Å². The highest BCUT2D eigenvalue weighted by Gasteiger charge is 2.22. The van der Waals surface area contributed by atoms with E-state index in [1.54, 1.807) is 12.5 Å². The van der Waals surface area contributed by atoms with E-state index in [1.165, 1.54) is 5.57 Å². The molecule has 0 aromatic carbocycles. The molecule has 0 saturated heterocycles. The van der Waals surface area contributed by atoms with Gasteiger partial charge < -0.3 is 10.5 Å². The highest BCUT2D eigenvalue weighted by atomic mass is 16.5. The zero-order chi connectivity index (χ0) is 11.8. The molecular weight excluding hydrogens is 198 g/mol. The molecule has 86 valence electrons. The molecule has 1 aliphatic heterocycles. The predicted octanol–water partition coefficient (Wildman–Crippen LogP) is 3.25. The molecule has 2 heteroatoms. The monoisotopic (exact) mass is 217 g/mol. The van der Waals surface area contributed by atoms with E-state index < -0.39 is 0 Å². The molecule has 0 fully saturated rings. The van der Waals surface area contributed by atoms with Crippen molar-refractivity contribution in [3.05, 3.63) is 47.6 Å². The molecule has 0 bridgehead atoms. The molecule has 0 amide bonds.